The van der Waals surface area contributed by atoms with Gasteiger partial charge in [0.25, 0.3) is 0 Å². The number of halogens is 1. The standard InChI is InChI=1S/C15H30NO.ClH/c1-6-7-8-9-10-11-12-13-16(4,5)15(17)14(2)3;/h2,6-13H2,1,3-5H3;1H/q+1;/p-1. The molecule has 0 fully saturated rings. The molecule has 0 aromatic carbocycles. The largest absolute Gasteiger partial charge is 1.00 e. The molecule has 1 amide bonds. The van der Waals surface area contributed by atoms with E-state index in [1.807, 2.05) is 14.1 Å². The van der Waals surface area contributed by atoms with Gasteiger partial charge in [0.1, 0.15) is 0 Å². The minimum Gasteiger partial charge on any atom is -1.00 e. The van der Waals surface area contributed by atoms with Crippen LogP contribution >= 0.6 is 0 Å². The van der Waals surface area contributed by atoms with Gasteiger partial charge in [0, 0.05) is 5.57 Å². The Morgan fingerprint density at radius 2 is 1.44 bits per heavy atom. The summed E-state index contributed by atoms with van der Waals surface area (Å²) >= 11 is 0. The highest BCUT2D eigenvalue weighted by atomic mass is 35.5. The van der Waals surface area contributed by atoms with Crippen LogP contribution in [0.25, 0.3) is 0 Å². The predicted molar refractivity (Wildman–Crippen MR) is 74.8 cm³/mol. The first-order chi connectivity index (χ1) is 7.91. The van der Waals surface area contributed by atoms with Crippen LogP contribution in [0.4, 0.5) is 0 Å². The average molecular weight is 276 g/mol. The summed E-state index contributed by atoms with van der Waals surface area (Å²) in [5.41, 5.74) is 0.665. The molecule has 0 radical (unpaired) electrons. The Labute approximate surface area is 119 Å². The molecule has 0 N–H and O–H groups in total. The number of hydrogen-bond acceptors (Lipinski definition) is 1. The number of rotatable bonds is 9. The zero-order valence-corrected chi connectivity index (χ0v) is 13.4. The van der Waals surface area contributed by atoms with Crippen LogP contribution in [0.15, 0.2) is 12.2 Å². The molecule has 0 aliphatic heterocycles. The zero-order valence-electron chi connectivity index (χ0n) is 12.6. The van der Waals surface area contributed by atoms with E-state index in [2.05, 4.69) is 13.5 Å². The van der Waals surface area contributed by atoms with E-state index in [9.17, 15) is 4.79 Å². The van der Waals surface area contributed by atoms with Gasteiger partial charge >= 0.3 is 5.91 Å². The smallest absolute Gasteiger partial charge is 0.340 e. The van der Waals surface area contributed by atoms with Gasteiger partial charge in [-0.2, -0.15) is 0 Å². The van der Waals surface area contributed by atoms with E-state index < -0.39 is 0 Å². The zero-order chi connectivity index (χ0) is 13.3. The Hall–Kier alpha value is -0.340. The van der Waals surface area contributed by atoms with Crippen molar-refractivity contribution in [2.24, 2.45) is 0 Å². The molecule has 0 aliphatic carbocycles. The van der Waals surface area contributed by atoms with Crippen molar-refractivity contribution in [1.29, 1.82) is 0 Å². The van der Waals surface area contributed by atoms with Gasteiger partial charge in [0.15, 0.2) is 0 Å². The van der Waals surface area contributed by atoms with Crippen molar-refractivity contribution >= 4 is 5.91 Å². The lowest BCUT2D eigenvalue weighted by Crippen LogP contribution is -3.00. The van der Waals surface area contributed by atoms with Crippen molar-refractivity contribution in [2.45, 2.75) is 58.8 Å². The molecule has 0 heterocycles. The molecular formula is C15H30ClNO. The third kappa shape index (κ3) is 8.71. The number of quaternary nitrogens is 1. The molecule has 0 spiro atoms. The molecule has 0 saturated carbocycles. The number of likely N-dealkylation sites (N-methyl/N-ethyl adjacent to an activating group) is 1. The number of nitrogens with zero attached hydrogens (tertiary/aromatic N) is 1. The summed E-state index contributed by atoms with van der Waals surface area (Å²) in [5, 5.41) is 0. The third-order valence-corrected chi connectivity index (χ3v) is 3.24. The van der Waals surface area contributed by atoms with E-state index in [0.29, 0.717) is 10.1 Å². The van der Waals surface area contributed by atoms with Gasteiger partial charge in [0.2, 0.25) is 0 Å². The highest BCUT2D eigenvalue weighted by Crippen LogP contribution is 2.11. The maximum Gasteiger partial charge on any atom is 0.340 e. The van der Waals surface area contributed by atoms with Gasteiger partial charge in [-0.3, -0.25) is 4.48 Å². The number of hydrogen-bond donors (Lipinski definition) is 0. The van der Waals surface area contributed by atoms with E-state index in [1.165, 1.54) is 38.5 Å². The Bertz CT molecular complexity index is 249. The fraction of sp³-hybridized carbons (Fsp3) is 0.800. The summed E-state index contributed by atoms with van der Waals surface area (Å²) in [7, 11) is 3.96. The Morgan fingerprint density at radius 1 is 1.00 bits per heavy atom. The minimum absolute atomic E-state index is 0. The molecule has 0 aromatic heterocycles. The van der Waals surface area contributed by atoms with Crippen molar-refractivity contribution in [3.05, 3.63) is 12.2 Å². The van der Waals surface area contributed by atoms with Crippen LogP contribution in [-0.2, 0) is 4.79 Å². The van der Waals surface area contributed by atoms with Crippen molar-refractivity contribution in [2.75, 3.05) is 20.6 Å². The van der Waals surface area contributed by atoms with E-state index in [-0.39, 0.29) is 18.3 Å². The number of amides is 1. The molecule has 2 nitrogen and oxygen atoms in total. The SMILES string of the molecule is C=C(C)C(=O)[N+](C)(C)CCCCCCCCC.[Cl-]. The van der Waals surface area contributed by atoms with Crippen LogP contribution in [0.1, 0.15) is 58.8 Å². The van der Waals surface area contributed by atoms with Crippen LogP contribution < -0.4 is 12.4 Å². The fourth-order valence-electron chi connectivity index (χ4n) is 2.08. The molecule has 0 saturated heterocycles. The Balaban J connectivity index is 0. The number of carbonyl (C=O) groups excluding carboxylic acids is 1. The fourth-order valence-corrected chi connectivity index (χ4v) is 2.08. The molecule has 0 atom stereocenters. The highest BCUT2D eigenvalue weighted by molar-refractivity contribution is 5.86. The van der Waals surface area contributed by atoms with Gasteiger partial charge in [-0.1, -0.05) is 45.6 Å². The molecular weight excluding hydrogens is 246 g/mol. The van der Waals surface area contributed by atoms with Crippen LogP contribution in [0.5, 0.6) is 0 Å². The van der Waals surface area contributed by atoms with Crippen LogP contribution in [0, 0.1) is 0 Å². The quantitative estimate of drug-likeness (QED) is 0.347. The lowest BCUT2D eigenvalue weighted by Gasteiger charge is -2.26. The lowest BCUT2D eigenvalue weighted by molar-refractivity contribution is -0.812. The van der Waals surface area contributed by atoms with E-state index in [1.54, 1.807) is 6.92 Å². The first-order valence-electron chi connectivity index (χ1n) is 6.95. The second-order valence-corrected chi connectivity index (χ2v) is 5.62. The van der Waals surface area contributed by atoms with E-state index in [4.69, 9.17) is 0 Å². The molecule has 108 valence electrons. The predicted octanol–water partition coefficient (Wildman–Crippen LogP) is 0.920. The normalized spacial score (nSPS) is 10.9. The Morgan fingerprint density at radius 3 is 1.89 bits per heavy atom. The molecule has 0 aromatic rings. The summed E-state index contributed by atoms with van der Waals surface area (Å²) in [4.78, 5) is 11.8. The van der Waals surface area contributed by atoms with Crippen LogP contribution in [-0.4, -0.2) is 31.0 Å². The second-order valence-electron chi connectivity index (χ2n) is 5.62. The molecule has 3 heteroatoms. The lowest BCUT2D eigenvalue weighted by atomic mass is 10.1. The first kappa shape index (κ1) is 20.0. The Kier molecular flexibility index (Phi) is 11.7. The topological polar surface area (TPSA) is 17.1 Å². The van der Waals surface area contributed by atoms with Crippen LogP contribution in [0.2, 0.25) is 0 Å². The van der Waals surface area contributed by atoms with Gasteiger partial charge in [-0.05, 0) is 19.8 Å². The minimum atomic E-state index is 0. The molecule has 0 aliphatic rings. The van der Waals surface area contributed by atoms with Crippen molar-refractivity contribution in [3.8, 4) is 0 Å². The first-order valence-corrected chi connectivity index (χ1v) is 6.95. The van der Waals surface area contributed by atoms with Gasteiger partial charge in [-0.25, -0.2) is 4.79 Å². The van der Waals surface area contributed by atoms with E-state index >= 15 is 0 Å². The maximum absolute atomic E-state index is 11.8. The monoisotopic (exact) mass is 275 g/mol. The van der Waals surface area contributed by atoms with Gasteiger partial charge in [0.05, 0.1) is 20.6 Å². The molecule has 18 heavy (non-hydrogen) atoms. The summed E-state index contributed by atoms with van der Waals surface area (Å²) in [5.74, 6) is 0.163. The molecule has 0 rings (SSSR count). The maximum atomic E-state index is 11.8. The summed E-state index contributed by atoms with van der Waals surface area (Å²) in [6, 6.07) is 0. The van der Waals surface area contributed by atoms with Gasteiger partial charge < -0.3 is 12.4 Å². The number of carbonyl (C=O) groups is 1. The molecule has 0 bridgehead atoms. The van der Waals surface area contributed by atoms with Gasteiger partial charge in [-0.15, -0.1) is 0 Å². The second kappa shape index (κ2) is 10.6. The van der Waals surface area contributed by atoms with Crippen molar-refractivity contribution in [3.63, 3.8) is 0 Å². The van der Waals surface area contributed by atoms with E-state index in [0.717, 1.165) is 13.0 Å². The summed E-state index contributed by atoms with van der Waals surface area (Å²) in [6.45, 7) is 8.70. The number of unbranched alkanes of at least 4 members (excludes halogenated alkanes) is 6. The summed E-state index contributed by atoms with van der Waals surface area (Å²) < 4.78 is 0.449. The van der Waals surface area contributed by atoms with Crippen molar-refractivity contribution in [1.82, 2.24) is 0 Å². The highest BCUT2D eigenvalue weighted by Gasteiger charge is 2.25. The third-order valence-electron chi connectivity index (χ3n) is 3.24. The molecule has 0 unspecified atom stereocenters. The van der Waals surface area contributed by atoms with Crippen molar-refractivity contribution < 1.29 is 21.7 Å². The summed E-state index contributed by atoms with van der Waals surface area (Å²) in [6.07, 6.45) is 9.05. The van der Waals surface area contributed by atoms with Crippen LogP contribution in [0.3, 0.4) is 0 Å². The average Bonchev–Trinajstić information content (AvgIpc) is 2.26.